The van der Waals surface area contributed by atoms with Crippen LogP contribution in [0, 0.1) is 0 Å². The van der Waals surface area contributed by atoms with E-state index in [-0.39, 0.29) is 5.91 Å². The lowest BCUT2D eigenvalue weighted by Crippen LogP contribution is -2.39. The van der Waals surface area contributed by atoms with Gasteiger partial charge in [-0.2, -0.15) is 0 Å². The normalized spacial score (nSPS) is 14.9. The summed E-state index contributed by atoms with van der Waals surface area (Å²) < 4.78 is 0. The van der Waals surface area contributed by atoms with Gasteiger partial charge in [0.2, 0.25) is 0 Å². The quantitative estimate of drug-likeness (QED) is 0.766. The molecule has 0 saturated heterocycles. The SMILES string of the molecule is C=CCN(C(=O)c1ccccc1NCCC)C1CCCC1. The summed E-state index contributed by atoms with van der Waals surface area (Å²) in [4.78, 5) is 14.9. The Morgan fingerprint density at radius 3 is 2.76 bits per heavy atom. The molecule has 0 unspecified atom stereocenters. The van der Waals surface area contributed by atoms with Crippen molar-refractivity contribution in [2.45, 2.75) is 45.1 Å². The molecule has 114 valence electrons. The Morgan fingerprint density at radius 2 is 2.10 bits per heavy atom. The predicted octanol–water partition coefficient (Wildman–Crippen LogP) is 4.08. The van der Waals surface area contributed by atoms with E-state index in [0.29, 0.717) is 12.6 Å². The number of carbonyl (C=O) groups is 1. The fourth-order valence-electron chi connectivity index (χ4n) is 2.99. The molecule has 1 amide bonds. The van der Waals surface area contributed by atoms with Crippen LogP contribution in [0.2, 0.25) is 0 Å². The minimum atomic E-state index is 0.126. The van der Waals surface area contributed by atoms with Gasteiger partial charge in [0.25, 0.3) is 5.91 Å². The number of nitrogens with one attached hydrogen (secondary N) is 1. The van der Waals surface area contributed by atoms with E-state index in [1.165, 1.54) is 12.8 Å². The average molecular weight is 286 g/mol. The number of para-hydroxylation sites is 1. The molecule has 1 N–H and O–H groups in total. The fourth-order valence-corrected chi connectivity index (χ4v) is 2.99. The zero-order chi connectivity index (χ0) is 15.1. The van der Waals surface area contributed by atoms with Crippen LogP contribution in [0.4, 0.5) is 5.69 Å². The molecule has 3 heteroatoms. The largest absolute Gasteiger partial charge is 0.384 e. The number of benzene rings is 1. The molecule has 3 nitrogen and oxygen atoms in total. The van der Waals surface area contributed by atoms with E-state index in [1.807, 2.05) is 35.2 Å². The maximum absolute atomic E-state index is 12.9. The molecule has 21 heavy (non-hydrogen) atoms. The third-order valence-electron chi connectivity index (χ3n) is 4.08. The summed E-state index contributed by atoms with van der Waals surface area (Å²) >= 11 is 0. The Hall–Kier alpha value is -1.77. The highest BCUT2D eigenvalue weighted by molar-refractivity contribution is 5.99. The summed E-state index contributed by atoms with van der Waals surface area (Å²) in [7, 11) is 0. The predicted molar refractivity (Wildman–Crippen MR) is 88.7 cm³/mol. The molecule has 0 aromatic heterocycles. The zero-order valence-electron chi connectivity index (χ0n) is 13.0. The minimum Gasteiger partial charge on any atom is -0.384 e. The van der Waals surface area contributed by atoms with Gasteiger partial charge in [-0.3, -0.25) is 4.79 Å². The van der Waals surface area contributed by atoms with Crippen LogP contribution in [0.1, 0.15) is 49.4 Å². The van der Waals surface area contributed by atoms with Crippen molar-refractivity contribution < 1.29 is 4.79 Å². The zero-order valence-corrected chi connectivity index (χ0v) is 13.0. The van der Waals surface area contributed by atoms with Crippen LogP contribution in [-0.2, 0) is 0 Å². The van der Waals surface area contributed by atoms with Gasteiger partial charge in [-0.25, -0.2) is 0 Å². The molecule has 1 aromatic carbocycles. The van der Waals surface area contributed by atoms with Crippen LogP contribution >= 0.6 is 0 Å². The summed E-state index contributed by atoms with van der Waals surface area (Å²) in [6.07, 6.45) is 7.55. The minimum absolute atomic E-state index is 0.126. The van der Waals surface area contributed by atoms with Crippen LogP contribution in [0.15, 0.2) is 36.9 Å². The van der Waals surface area contributed by atoms with Gasteiger partial charge in [0, 0.05) is 24.8 Å². The van der Waals surface area contributed by atoms with Gasteiger partial charge in [0.05, 0.1) is 5.56 Å². The second-order valence-electron chi connectivity index (χ2n) is 5.66. The third kappa shape index (κ3) is 3.87. The second kappa shape index (κ2) is 7.87. The van der Waals surface area contributed by atoms with Crippen molar-refractivity contribution in [1.29, 1.82) is 0 Å². The maximum Gasteiger partial charge on any atom is 0.256 e. The van der Waals surface area contributed by atoms with Gasteiger partial charge in [0.15, 0.2) is 0 Å². The first-order chi connectivity index (χ1) is 10.3. The smallest absolute Gasteiger partial charge is 0.256 e. The van der Waals surface area contributed by atoms with Crippen molar-refractivity contribution in [3.05, 3.63) is 42.5 Å². The Morgan fingerprint density at radius 1 is 1.38 bits per heavy atom. The van der Waals surface area contributed by atoms with Crippen LogP contribution in [0.25, 0.3) is 0 Å². The Balaban J connectivity index is 2.21. The monoisotopic (exact) mass is 286 g/mol. The molecular formula is C18H26N2O. The highest BCUT2D eigenvalue weighted by atomic mass is 16.2. The molecule has 0 atom stereocenters. The summed E-state index contributed by atoms with van der Waals surface area (Å²) in [5.41, 5.74) is 1.72. The standard InChI is InChI=1S/C18H26N2O/c1-3-13-19-17-12-8-7-11-16(17)18(21)20(14-4-2)15-9-5-6-10-15/h4,7-8,11-12,15,19H,2-3,5-6,9-10,13-14H2,1H3. The third-order valence-corrected chi connectivity index (χ3v) is 4.08. The molecule has 1 aromatic rings. The van der Waals surface area contributed by atoms with E-state index in [4.69, 9.17) is 0 Å². The average Bonchev–Trinajstić information content (AvgIpc) is 3.04. The molecule has 0 heterocycles. The summed E-state index contributed by atoms with van der Waals surface area (Å²) in [6.45, 7) is 7.45. The first-order valence-corrected chi connectivity index (χ1v) is 8.02. The fraction of sp³-hybridized carbons (Fsp3) is 0.500. The van der Waals surface area contributed by atoms with Crippen molar-refractivity contribution in [3.8, 4) is 0 Å². The van der Waals surface area contributed by atoms with E-state index >= 15 is 0 Å². The Kier molecular flexibility index (Phi) is 5.85. The number of amides is 1. The molecule has 0 radical (unpaired) electrons. The Labute approximate surface area is 128 Å². The highest BCUT2D eigenvalue weighted by Crippen LogP contribution is 2.26. The van der Waals surface area contributed by atoms with Gasteiger partial charge in [-0.05, 0) is 31.4 Å². The summed E-state index contributed by atoms with van der Waals surface area (Å²) in [5.74, 6) is 0.126. The van der Waals surface area contributed by atoms with Gasteiger partial charge in [-0.15, -0.1) is 6.58 Å². The highest BCUT2D eigenvalue weighted by Gasteiger charge is 2.27. The van der Waals surface area contributed by atoms with Crippen LogP contribution in [0.5, 0.6) is 0 Å². The van der Waals surface area contributed by atoms with E-state index in [9.17, 15) is 4.79 Å². The topological polar surface area (TPSA) is 32.3 Å². The maximum atomic E-state index is 12.9. The van der Waals surface area contributed by atoms with Gasteiger partial charge in [-0.1, -0.05) is 38.0 Å². The molecule has 0 spiro atoms. The van der Waals surface area contributed by atoms with Crippen molar-refractivity contribution in [1.82, 2.24) is 4.90 Å². The molecule has 1 aliphatic rings. The molecule has 0 aliphatic heterocycles. The van der Waals surface area contributed by atoms with Crippen molar-refractivity contribution in [2.75, 3.05) is 18.4 Å². The van der Waals surface area contributed by atoms with E-state index in [1.54, 1.807) is 0 Å². The number of hydrogen-bond donors (Lipinski definition) is 1. The second-order valence-corrected chi connectivity index (χ2v) is 5.66. The van der Waals surface area contributed by atoms with Crippen LogP contribution < -0.4 is 5.32 Å². The molecule has 1 fully saturated rings. The van der Waals surface area contributed by atoms with Crippen LogP contribution in [0.3, 0.4) is 0 Å². The van der Waals surface area contributed by atoms with Crippen LogP contribution in [-0.4, -0.2) is 29.9 Å². The van der Waals surface area contributed by atoms with Gasteiger partial charge in [0.1, 0.15) is 0 Å². The Bertz CT molecular complexity index is 478. The van der Waals surface area contributed by atoms with Crippen molar-refractivity contribution in [3.63, 3.8) is 0 Å². The number of anilines is 1. The first kappa shape index (κ1) is 15.6. The van der Waals surface area contributed by atoms with Gasteiger partial charge < -0.3 is 10.2 Å². The van der Waals surface area contributed by atoms with Gasteiger partial charge >= 0.3 is 0 Å². The number of nitrogens with zero attached hydrogens (tertiary/aromatic N) is 1. The first-order valence-electron chi connectivity index (χ1n) is 8.02. The summed E-state index contributed by atoms with van der Waals surface area (Å²) in [5, 5.41) is 3.36. The number of hydrogen-bond acceptors (Lipinski definition) is 2. The van der Waals surface area contributed by atoms with E-state index in [2.05, 4.69) is 18.8 Å². The van der Waals surface area contributed by atoms with E-state index < -0.39 is 0 Å². The molecule has 1 saturated carbocycles. The number of rotatable bonds is 7. The van der Waals surface area contributed by atoms with E-state index in [0.717, 1.165) is 37.1 Å². The summed E-state index contributed by atoms with van der Waals surface area (Å²) in [6, 6.07) is 8.19. The van der Waals surface area contributed by atoms with Crippen molar-refractivity contribution in [2.24, 2.45) is 0 Å². The lowest BCUT2D eigenvalue weighted by Gasteiger charge is -2.28. The molecule has 0 bridgehead atoms. The lowest BCUT2D eigenvalue weighted by atomic mass is 10.1. The number of carbonyl (C=O) groups excluding carboxylic acids is 1. The molecule has 2 rings (SSSR count). The van der Waals surface area contributed by atoms with Crippen molar-refractivity contribution >= 4 is 11.6 Å². The lowest BCUT2D eigenvalue weighted by molar-refractivity contribution is 0.0707. The molecular weight excluding hydrogens is 260 g/mol. The molecule has 1 aliphatic carbocycles.